The minimum absolute atomic E-state index is 0.00991. The van der Waals surface area contributed by atoms with E-state index in [-0.39, 0.29) is 18.0 Å². The summed E-state index contributed by atoms with van der Waals surface area (Å²) >= 11 is 5.91. The molecule has 0 saturated heterocycles. The van der Waals surface area contributed by atoms with Crippen LogP contribution in [0.3, 0.4) is 0 Å². The summed E-state index contributed by atoms with van der Waals surface area (Å²) in [5.41, 5.74) is 2.11. The number of nitrogens with one attached hydrogen (secondary N) is 1. The van der Waals surface area contributed by atoms with Gasteiger partial charge in [-0.25, -0.2) is 0 Å². The van der Waals surface area contributed by atoms with Gasteiger partial charge in [0.1, 0.15) is 12.3 Å². The number of carbonyl (C=O) groups excluding carboxylic acids is 2. The van der Waals surface area contributed by atoms with Crippen molar-refractivity contribution in [2.75, 3.05) is 11.9 Å². The Morgan fingerprint density at radius 3 is 2.38 bits per heavy atom. The fourth-order valence-electron chi connectivity index (χ4n) is 3.67. The van der Waals surface area contributed by atoms with Crippen molar-refractivity contribution < 1.29 is 14.3 Å². The zero-order chi connectivity index (χ0) is 24.2. The van der Waals surface area contributed by atoms with Gasteiger partial charge in [0.25, 0.3) is 0 Å². The molecular weight excluding hydrogens is 452 g/mol. The molecule has 0 fully saturated rings. The highest BCUT2D eigenvalue weighted by molar-refractivity contribution is 6.30. The molecule has 1 N–H and O–H groups in total. The number of fused-ring (bicyclic) bond motifs is 1. The van der Waals surface area contributed by atoms with Crippen LogP contribution < -0.4 is 15.5 Å². The molecule has 3 aromatic carbocycles. The maximum absolute atomic E-state index is 13.3. The van der Waals surface area contributed by atoms with Crippen molar-refractivity contribution in [1.82, 2.24) is 4.57 Å². The van der Waals surface area contributed by atoms with Crippen molar-refractivity contribution in [2.24, 2.45) is 0 Å². The summed E-state index contributed by atoms with van der Waals surface area (Å²) in [7, 11) is 0. The van der Waals surface area contributed by atoms with E-state index < -0.39 is 11.2 Å². The number of hydrogen-bond donors (Lipinski definition) is 1. The summed E-state index contributed by atoms with van der Waals surface area (Å²) in [5.74, 6) is -0.195. The van der Waals surface area contributed by atoms with Gasteiger partial charge in [0, 0.05) is 22.5 Å². The molecule has 0 radical (unpaired) electrons. The highest BCUT2D eigenvalue weighted by Gasteiger charge is 2.19. The molecule has 0 atom stereocenters. The number of ether oxygens (including phenoxy) is 1. The number of benzene rings is 3. The third-order valence-electron chi connectivity index (χ3n) is 5.36. The Morgan fingerprint density at radius 1 is 1.00 bits per heavy atom. The molecule has 34 heavy (non-hydrogen) atoms. The van der Waals surface area contributed by atoms with Crippen LogP contribution in [-0.4, -0.2) is 22.9 Å². The van der Waals surface area contributed by atoms with E-state index in [4.69, 9.17) is 16.3 Å². The zero-order valence-corrected chi connectivity index (χ0v) is 19.6. The van der Waals surface area contributed by atoms with Crippen molar-refractivity contribution in [2.45, 2.75) is 20.4 Å². The third kappa shape index (κ3) is 5.02. The third-order valence-corrected chi connectivity index (χ3v) is 5.61. The molecule has 0 aliphatic heterocycles. The number of rotatable bonds is 7. The van der Waals surface area contributed by atoms with Gasteiger partial charge >= 0.3 is 0 Å². The van der Waals surface area contributed by atoms with Crippen LogP contribution in [0.4, 0.5) is 5.69 Å². The first-order chi connectivity index (χ1) is 16.4. The normalized spacial score (nSPS) is 10.8. The average molecular weight is 475 g/mol. The lowest BCUT2D eigenvalue weighted by Crippen LogP contribution is -2.24. The summed E-state index contributed by atoms with van der Waals surface area (Å²) < 4.78 is 7.16. The zero-order valence-electron chi connectivity index (χ0n) is 18.8. The van der Waals surface area contributed by atoms with E-state index in [2.05, 4.69) is 5.32 Å². The molecule has 6 nitrogen and oxygen atoms in total. The molecule has 4 aromatic rings. The SMILES string of the molecule is CCOc1ccc2c(c1)c(=O)c(C(=O)c1ccc(C)cc1)cn2CC(=O)Nc1ccc(Cl)cc1. The van der Waals surface area contributed by atoms with Crippen LogP contribution in [0.25, 0.3) is 10.9 Å². The van der Waals surface area contributed by atoms with Gasteiger partial charge < -0.3 is 14.6 Å². The number of nitrogens with zero attached hydrogens (tertiary/aromatic N) is 1. The molecule has 0 saturated carbocycles. The van der Waals surface area contributed by atoms with Gasteiger partial charge in [0.05, 0.1) is 23.1 Å². The van der Waals surface area contributed by atoms with Crippen LogP contribution in [0.1, 0.15) is 28.4 Å². The number of aryl methyl sites for hydroxylation is 1. The Bertz CT molecular complexity index is 1420. The molecule has 1 amide bonds. The average Bonchev–Trinajstić information content (AvgIpc) is 2.82. The van der Waals surface area contributed by atoms with E-state index >= 15 is 0 Å². The van der Waals surface area contributed by atoms with E-state index in [1.807, 2.05) is 26.0 Å². The monoisotopic (exact) mass is 474 g/mol. The second-order valence-corrected chi connectivity index (χ2v) is 8.30. The molecule has 4 rings (SSSR count). The Balaban J connectivity index is 1.77. The van der Waals surface area contributed by atoms with Crippen LogP contribution in [0, 0.1) is 6.92 Å². The summed E-state index contributed by atoms with van der Waals surface area (Å²) in [4.78, 5) is 39.4. The van der Waals surface area contributed by atoms with Gasteiger partial charge in [0.2, 0.25) is 11.3 Å². The van der Waals surface area contributed by atoms with Crippen LogP contribution in [0.15, 0.2) is 77.7 Å². The van der Waals surface area contributed by atoms with Gasteiger partial charge in [-0.1, -0.05) is 41.4 Å². The Hall–Kier alpha value is -3.90. The summed E-state index contributed by atoms with van der Waals surface area (Å²) in [6, 6.07) is 18.8. The predicted molar refractivity (Wildman–Crippen MR) is 134 cm³/mol. The summed E-state index contributed by atoms with van der Waals surface area (Å²) in [5, 5.41) is 3.68. The molecule has 172 valence electrons. The minimum atomic E-state index is -0.406. The molecule has 0 unspecified atom stereocenters. The first-order valence-corrected chi connectivity index (χ1v) is 11.2. The molecule has 7 heteroatoms. The maximum Gasteiger partial charge on any atom is 0.244 e. The number of carbonyl (C=O) groups is 2. The largest absolute Gasteiger partial charge is 0.494 e. The lowest BCUT2D eigenvalue weighted by Gasteiger charge is -2.14. The smallest absolute Gasteiger partial charge is 0.244 e. The number of pyridine rings is 1. The van der Waals surface area contributed by atoms with Gasteiger partial charge in [-0.3, -0.25) is 14.4 Å². The van der Waals surface area contributed by atoms with E-state index in [0.29, 0.717) is 39.5 Å². The van der Waals surface area contributed by atoms with Gasteiger partial charge in [-0.05, 0) is 56.3 Å². The molecule has 0 spiro atoms. The predicted octanol–water partition coefficient (Wildman–Crippen LogP) is 5.23. The van der Waals surface area contributed by atoms with E-state index in [1.165, 1.54) is 6.20 Å². The second-order valence-electron chi connectivity index (χ2n) is 7.86. The van der Waals surface area contributed by atoms with Gasteiger partial charge in [0.15, 0.2) is 5.78 Å². The molecule has 0 bridgehead atoms. The second kappa shape index (κ2) is 9.93. The Kier molecular flexibility index (Phi) is 6.80. The van der Waals surface area contributed by atoms with Crippen molar-refractivity contribution in [1.29, 1.82) is 0 Å². The number of halogens is 1. The lowest BCUT2D eigenvalue weighted by atomic mass is 10.0. The summed E-state index contributed by atoms with van der Waals surface area (Å²) in [6.45, 7) is 4.11. The van der Waals surface area contributed by atoms with Crippen LogP contribution in [0.5, 0.6) is 5.75 Å². The fourth-order valence-corrected chi connectivity index (χ4v) is 3.80. The quantitative estimate of drug-likeness (QED) is 0.372. The number of hydrogen-bond acceptors (Lipinski definition) is 4. The van der Waals surface area contributed by atoms with E-state index in [0.717, 1.165) is 5.56 Å². The minimum Gasteiger partial charge on any atom is -0.494 e. The number of anilines is 1. The maximum atomic E-state index is 13.3. The first-order valence-electron chi connectivity index (χ1n) is 10.8. The highest BCUT2D eigenvalue weighted by Crippen LogP contribution is 2.21. The molecule has 1 heterocycles. The number of ketones is 1. The van der Waals surface area contributed by atoms with Crippen molar-refractivity contribution >= 4 is 39.9 Å². The lowest BCUT2D eigenvalue weighted by molar-refractivity contribution is -0.116. The van der Waals surface area contributed by atoms with E-state index in [9.17, 15) is 14.4 Å². The Labute approximate surface area is 201 Å². The molecular formula is C27H23ClN2O4. The van der Waals surface area contributed by atoms with Crippen molar-refractivity contribution in [3.8, 4) is 5.75 Å². The van der Waals surface area contributed by atoms with Crippen LogP contribution >= 0.6 is 11.6 Å². The van der Waals surface area contributed by atoms with Crippen LogP contribution in [-0.2, 0) is 11.3 Å². The number of amides is 1. The van der Waals surface area contributed by atoms with Crippen molar-refractivity contribution in [3.63, 3.8) is 0 Å². The molecule has 0 aliphatic rings. The first kappa shape index (κ1) is 23.3. The van der Waals surface area contributed by atoms with E-state index in [1.54, 1.807) is 59.2 Å². The standard InChI is InChI=1S/C27H23ClN2O4/c1-3-34-21-12-13-24-22(14-21)27(33)23(26(32)18-6-4-17(2)5-7-18)15-30(24)16-25(31)29-20-10-8-19(28)9-11-20/h4-15H,3,16H2,1-2H3,(H,29,31). The van der Waals surface area contributed by atoms with Gasteiger partial charge in [-0.2, -0.15) is 0 Å². The van der Waals surface area contributed by atoms with Crippen LogP contribution in [0.2, 0.25) is 5.02 Å². The number of aromatic nitrogens is 1. The molecule has 0 aliphatic carbocycles. The Morgan fingerprint density at radius 2 is 1.71 bits per heavy atom. The molecule has 1 aromatic heterocycles. The van der Waals surface area contributed by atoms with Crippen molar-refractivity contribution in [3.05, 3.63) is 105 Å². The summed E-state index contributed by atoms with van der Waals surface area (Å²) in [6.07, 6.45) is 1.45. The van der Waals surface area contributed by atoms with Gasteiger partial charge in [-0.15, -0.1) is 0 Å². The fraction of sp³-hybridized carbons (Fsp3) is 0.148. The topological polar surface area (TPSA) is 77.4 Å². The highest BCUT2D eigenvalue weighted by atomic mass is 35.5.